The average Bonchev–Trinajstić information content (AvgIpc) is 2.33. The van der Waals surface area contributed by atoms with E-state index in [1.54, 1.807) is 0 Å². The van der Waals surface area contributed by atoms with Gasteiger partial charge in [-0.2, -0.15) is 0 Å². The Balaban J connectivity index is 2.21. The fourth-order valence-electron chi connectivity index (χ4n) is 1.94. The summed E-state index contributed by atoms with van der Waals surface area (Å²) >= 11 is 9.76. The molecule has 1 nitrogen and oxygen atoms in total. The van der Waals surface area contributed by atoms with Crippen LogP contribution in [0.5, 0.6) is 0 Å². The molecule has 0 saturated heterocycles. The Kier molecular flexibility index (Phi) is 4.44. The molecule has 2 rings (SSSR count). The molecule has 1 unspecified atom stereocenters. The summed E-state index contributed by atoms with van der Waals surface area (Å²) in [5, 5.41) is 0.789. The first-order chi connectivity index (χ1) is 8.58. The summed E-state index contributed by atoms with van der Waals surface area (Å²) in [6, 6.07) is 14.1. The van der Waals surface area contributed by atoms with Crippen molar-refractivity contribution < 1.29 is 0 Å². The van der Waals surface area contributed by atoms with E-state index in [4.69, 9.17) is 17.3 Å². The lowest BCUT2D eigenvalue weighted by Gasteiger charge is -2.15. The van der Waals surface area contributed by atoms with E-state index in [1.807, 2.05) is 43.3 Å². The van der Waals surface area contributed by atoms with Gasteiger partial charge < -0.3 is 5.73 Å². The summed E-state index contributed by atoms with van der Waals surface area (Å²) in [4.78, 5) is 0. The topological polar surface area (TPSA) is 26.0 Å². The molecule has 1 atom stereocenters. The molecule has 18 heavy (non-hydrogen) atoms. The number of hydrogen-bond donors (Lipinski definition) is 1. The molecule has 94 valence electrons. The van der Waals surface area contributed by atoms with Crippen LogP contribution in [0.1, 0.15) is 22.7 Å². The summed E-state index contributed by atoms with van der Waals surface area (Å²) in [7, 11) is 0. The predicted octanol–water partition coefficient (Wildman–Crippen LogP) is 4.65. The Morgan fingerprint density at radius 3 is 2.61 bits per heavy atom. The zero-order valence-corrected chi connectivity index (χ0v) is 12.5. The highest BCUT2D eigenvalue weighted by Crippen LogP contribution is 2.27. The van der Waals surface area contributed by atoms with Crippen LogP contribution in [0, 0.1) is 6.92 Å². The first-order valence-electron chi connectivity index (χ1n) is 5.83. The van der Waals surface area contributed by atoms with Gasteiger partial charge in [0, 0.05) is 15.5 Å². The van der Waals surface area contributed by atoms with Crippen molar-refractivity contribution in [2.45, 2.75) is 19.4 Å². The molecule has 0 aliphatic heterocycles. The van der Waals surface area contributed by atoms with Gasteiger partial charge in [0.25, 0.3) is 0 Å². The quantitative estimate of drug-likeness (QED) is 0.873. The van der Waals surface area contributed by atoms with Crippen LogP contribution < -0.4 is 5.73 Å². The van der Waals surface area contributed by atoms with Crippen molar-refractivity contribution in [1.82, 2.24) is 0 Å². The Hall–Kier alpha value is -0.830. The SMILES string of the molecule is Cc1ccc(CC(N)c2ccccc2Br)c(Cl)c1. The van der Waals surface area contributed by atoms with Gasteiger partial charge in [-0.3, -0.25) is 0 Å². The van der Waals surface area contributed by atoms with Crippen molar-refractivity contribution in [3.8, 4) is 0 Å². The van der Waals surface area contributed by atoms with Crippen molar-refractivity contribution in [3.05, 3.63) is 68.7 Å². The highest BCUT2D eigenvalue weighted by Gasteiger charge is 2.12. The van der Waals surface area contributed by atoms with Crippen molar-refractivity contribution >= 4 is 27.5 Å². The molecular formula is C15H15BrClN. The maximum absolute atomic E-state index is 6.25. The third kappa shape index (κ3) is 3.14. The smallest absolute Gasteiger partial charge is 0.0441 e. The van der Waals surface area contributed by atoms with E-state index in [9.17, 15) is 0 Å². The lowest BCUT2D eigenvalue weighted by Crippen LogP contribution is -2.14. The number of hydrogen-bond acceptors (Lipinski definition) is 1. The lowest BCUT2D eigenvalue weighted by atomic mass is 9.99. The van der Waals surface area contributed by atoms with Gasteiger partial charge in [0.1, 0.15) is 0 Å². The van der Waals surface area contributed by atoms with Crippen LogP contribution in [0.3, 0.4) is 0 Å². The summed E-state index contributed by atoms with van der Waals surface area (Å²) in [6.07, 6.45) is 0.738. The second-order valence-corrected chi connectivity index (χ2v) is 5.69. The zero-order valence-electron chi connectivity index (χ0n) is 10.2. The molecule has 0 spiro atoms. The van der Waals surface area contributed by atoms with Crippen molar-refractivity contribution in [1.29, 1.82) is 0 Å². The van der Waals surface area contributed by atoms with Gasteiger partial charge in [-0.05, 0) is 42.2 Å². The third-order valence-electron chi connectivity index (χ3n) is 2.95. The maximum Gasteiger partial charge on any atom is 0.0441 e. The van der Waals surface area contributed by atoms with Gasteiger partial charge in [-0.1, -0.05) is 57.9 Å². The number of aryl methyl sites for hydroxylation is 1. The number of halogens is 2. The van der Waals surface area contributed by atoms with E-state index in [2.05, 4.69) is 22.0 Å². The minimum Gasteiger partial charge on any atom is -0.324 e. The van der Waals surface area contributed by atoms with Crippen molar-refractivity contribution in [2.24, 2.45) is 5.73 Å². The molecule has 0 saturated carbocycles. The molecule has 0 aliphatic rings. The minimum absolute atomic E-state index is 0.0548. The molecule has 0 bridgehead atoms. The van der Waals surface area contributed by atoms with Crippen LogP contribution in [0.2, 0.25) is 5.02 Å². The van der Waals surface area contributed by atoms with Gasteiger partial charge in [0.2, 0.25) is 0 Å². The number of rotatable bonds is 3. The standard InChI is InChI=1S/C15H15BrClN/c1-10-6-7-11(14(17)8-10)9-15(18)12-4-2-3-5-13(12)16/h2-8,15H,9,18H2,1H3. The van der Waals surface area contributed by atoms with Crippen LogP contribution >= 0.6 is 27.5 Å². The molecule has 0 aliphatic carbocycles. The fourth-order valence-corrected chi connectivity index (χ4v) is 2.83. The normalized spacial score (nSPS) is 12.4. The Morgan fingerprint density at radius 1 is 1.22 bits per heavy atom. The van der Waals surface area contributed by atoms with Crippen LogP contribution in [0.25, 0.3) is 0 Å². The van der Waals surface area contributed by atoms with Crippen molar-refractivity contribution in [3.63, 3.8) is 0 Å². The largest absolute Gasteiger partial charge is 0.324 e. The monoisotopic (exact) mass is 323 g/mol. The number of benzene rings is 2. The fraction of sp³-hybridized carbons (Fsp3) is 0.200. The van der Waals surface area contributed by atoms with E-state index >= 15 is 0 Å². The van der Waals surface area contributed by atoms with E-state index in [-0.39, 0.29) is 6.04 Å². The van der Waals surface area contributed by atoms with Crippen LogP contribution in [-0.2, 0) is 6.42 Å². The predicted molar refractivity (Wildman–Crippen MR) is 81.0 cm³/mol. The third-order valence-corrected chi connectivity index (χ3v) is 4.03. The summed E-state index contributed by atoms with van der Waals surface area (Å²) in [5.41, 5.74) is 9.61. The molecule has 2 aromatic carbocycles. The summed E-state index contributed by atoms with van der Waals surface area (Å²) in [5.74, 6) is 0. The van der Waals surface area contributed by atoms with Crippen LogP contribution in [0.4, 0.5) is 0 Å². The van der Waals surface area contributed by atoms with Gasteiger partial charge >= 0.3 is 0 Å². The Bertz CT molecular complexity index is 554. The molecule has 0 heterocycles. The number of nitrogens with two attached hydrogens (primary N) is 1. The second-order valence-electron chi connectivity index (χ2n) is 4.43. The first-order valence-corrected chi connectivity index (χ1v) is 7.00. The molecule has 3 heteroatoms. The van der Waals surface area contributed by atoms with E-state index in [0.29, 0.717) is 0 Å². The highest BCUT2D eigenvalue weighted by molar-refractivity contribution is 9.10. The average molecular weight is 325 g/mol. The minimum atomic E-state index is -0.0548. The van der Waals surface area contributed by atoms with E-state index < -0.39 is 0 Å². The van der Waals surface area contributed by atoms with E-state index in [0.717, 1.165) is 27.0 Å². The molecule has 0 radical (unpaired) electrons. The maximum atomic E-state index is 6.25. The Labute approximate surface area is 121 Å². The molecule has 0 amide bonds. The van der Waals surface area contributed by atoms with Crippen LogP contribution in [-0.4, -0.2) is 0 Å². The second kappa shape index (κ2) is 5.87. The van der Waals surface area contributed by atoms with Crippen LogP contribution in [0.15, 0.2) is 46.9 Å². The lowest BCUT2D eigenvalue weighted by molar-refractivity contribution is 0.718. The van der Waals surface area contributed by atoms with Gasteiger partial charge in [0.05, 0.1) is 0 Å². The van der Waals surface area contributed by atoms with Crippen molar-refractivity contribution in [2.75, 3.05) is 0 Å². The van der Waals surface area contributed by atoms with Gasteiger partial charge in [-0.25, -0.2) is 0 Å². The first kappa shape index (κ1) is 13.6. The molecule has 2 aromatic rings. The molecule has 2 N–H and O–H groups in total. The highest BCUT2D eigenvalue weighted by atomic mass is 79.9. The molecule has 0 fully saturated rings. The summed E-state index contributed by atoms with van der Waals surface area (Å²) < 4.78 is 1.04. The summed E-state index contributed by atoms with van der Waals surface area (Å²) in [6.45, 7) is 2.03. The zero-order chi connectivity index (χ0) is 13.1. The van der Waals surface area contributed by atoms with Gasteiger partial charge in [0.15, 0.2) is 0 Å². The van der Waals surface area contributed by atoms with E-state index in [1.165, 1.54) is 5.56 Å². The molecule has 0 aromatic heterocycles. The Morgan fingerprint density at radius 2 is 1.94 bits per heavy atom. The van der Waals surface area contributed by atoms with Gasteiger partial charge in [-0.15, -0.1) is 0 Å². The molecular weight excluding hydrogens is 310 g/mol.